The molecule has 1 heterocycles. The van der Waals surface area contributed by atoms with E-state index in [1.165, 1.54) is 4.68 Å². The second kappa shape index (κ2) is 7.54. The minimum absolute atomic E-state index is 0.0481. The smallest absolute Gasteiger partial charge is 0.296 e. The zero-order valence-corrected chi connectivity index (χ0v) is 17.3. The number of carbonyl (C=O) groups is 2. The molecule has 6 heteroatoms. The number of nitrogens with zero attached hydrogens (tertiary/aromatic N) is 2. The first-order chi connectivity index (χ1) is 13.6. The number of ketones is 1. The van der Waals surface area contributed by atoms with Crippen molar-refractivity contribution in [3.63, 3.8) is 0 Å². The van der Waals surface area contributed by atoms with Gasteiger partial charge in [0.1, 0.15) is 5.69 Å². The molecule has 0 aliphatic rings. The SMILES string of the molecule is Cc1c(NC(=O)C(=O)c2ccc(C(C)(C)C)cc2)c(=O)n(-c2ccccc2)n1C. The molecule has 6 nitrogen and oxygen atoms in total. The Morgan fingerprint density at radius 1 is 0.931 bits per heavy atom. The van der Waals surface area contributed by atoms with E-state index in [9.17, 15) is 14.4 Å². The van der Waals surface area contributed by atoms with Crippen LogP contribution in [0.4, 0.5) is 5.69 Å². The number of nitrogens with one attached hydrogen (secondary N) is 1. The summed E-state index contributed by atoms with van der Waals surface area (Å²) in [6.07, 6.45) is 0. The molecule has 0 saturated heterocycles. The normalized spacial score (nSPS) is 11.3. The number of hydrogen-bond donors (Lipinski definition) is 1. The summed E-state index contributed by atoms with van der Waals surface area (Å²) >= 11 is 0. The van der Waals surface area contributed by atoms with Gasteiger partial charge in [0.05, 0.1) is 11.4 Å². The van der Waals surface area contributed by atoms with Gasteiger partial charge in [-0.3, -0.25) is 19.1 Å². The van der Waals surface area contributed by atoms with Crippen LogP contribution in [0.2, 0.25) is 0 Å². The second-order valence-corrected chi connectivity index (χ2v) is 8.05. The Bertz CT molecular complexity index is 1120. The lowest BCUT2D eigenvalue weighted by Gasteiger charge is -2.18. The molecule has 3 aromatic rings. The van der Waals surface area contributed by atoms with E-state index < -0.39 is 11.7 Å². The van der Waals surface area contributed by atoms with Crippen LogP contribution in [-0.2, 0) is 17.3 Å². The maximum Gasteiger partial charge on any atom is 0.296 e. The number of anilines is 1. The van der Waals surface area contributed by atoms with E-state index in [0.717, 1.165) is 5.56 Å². The number of rotatable bonds is 4. The molecule has 0 spiro atoms. The zero-order chi connectivity index (χ0) is 21.3. The number of Topliss-reactive ketones (excluding diaryl/α,β-unsaturated/α-hetero) is 1. The van der Waals surface area contributed by atoms with Gasteiger partial charge in [-0.05, 0) is 30.0 Å². The largest absolute Gasteiger partial charge is 0.313 e. The third kappa shape index (κ3) is 3.92. The molecule has 1 aromatic heterocycles. The Kier molecular flexibility index (Phi) is 5.29. The van der Waals surface area contributed by atoms with Crippen molar-refractivity contribution in [1.29, 1.82) is 0 Å². The van der Waals surface area contributed by atoms with Gasteiger partial charge in [-0.15, -0.1) is 0 Å². The van der Waals surface area contributed by atoms with E-state index in [2.05, 4.69) is 26.1 Å². The van der Waals surface area contributed by atoms with Crippen molar-refractivity contribution in [3.05, 3.63) is 81.8 Å². The van der Waals surface area contributed by atoms with Crippen LogP contribution in [0.1, 0.15) is 42.4 Å². The molecule has 3 rings (SSSR count). The fraction of sp³-hybridized carbons (Fsp3) is 0.261. The predicted molar refractivity (Wildman–Crippen MR) is 114 cm³/mol. The molecule has 1 amide bonds. The van der Waals surface area contributed by atoms with Crippen molar-refractivity contribution in [1.82, 2.24) is 9.36 Å². The van der Waals surface area contributed by atoms with Crippen LogP contribution in [0.5, 0.6) is 0 Å². The lowest BCUT2D eigenvalue weighted by Crippen LogP contribution is -2.27. The Morgan fingerprint density at radius 3 is 2.07 bits per heavy atom. The first-order valence-corrected chi connectivity index (χ1v) is 9.41. The summed E-state index contributed by atoms with van der Waals surface area (Å²) in [5.74, 6) is -1.51. The number of para-hydroxylation sites is 1. The molecule has 0 radical (unpaired) electrons. The number of benzene rings is 2. The minimum Gasteiger partial charge on any atom is -0.313 e. The molecular weight excluding hydrogens is 366 g/mol. The lowest BCUT2D eigenvalue weighted by molar-refractivity contribution is -0.112. The van der Waals surface area contributed by atoms with Crippen LogP contribution in [0.3, 0.4) is 0 Å². The average Bonchev–Trinajstić information content (AvgIpc) is 2.90. The Labute approximate surface area is 169 Å². The molecular formula is C23H25N3O3. The monoisotopic (exact) mass is 391 g/mol. The molecule has 2 aromatic carbocycles. The van der Waals surface area contributed by atoms with Gasteiger partial charge in [0, 0.05) is 12.6 Å². The van der Waals surface area contributed by atoms with Gasteiger partial charge in [0.25, 0.3) is 17.2 Å². The van der Waals surface area contributed by atoms with Gasteiger partial charge in [0.2, 0.25) is 0 Å². The maximum atomic E-state index is 12.9. The highest BCUT2D eigenvalue weighted by molar-refractivity contribution is 6.46. The molecule has 0 saturated carbocycles. The van der Waals surface area contributed by atoms with Crippen LogP contribution in [0.15, 0.2) is 59.4 Å². The summed E-state index contributed by atoms with van der Waals surface area (Å²) in [7, 11) is 1.73. The summed E-state index contributed by atoms with van der Waals surface area (Å²) in [5.41, 5.74) is 2.25. The van der Waals surface area contributed by atoms with Crippen LogP contribution < -0.4 is 10.9 Å². The highest BCUT2D eigenvalue weighted by atomic mass is 16.2. The van der Waals surface area contributed by atoms with Gasteiger partial charge in [-0.1, -0.05) is 63.2 Å². The topological polar surface area (TPSA) is 73.1 Å². The zero-order valence-electron chi connectivity index (χ0n) is 17.3. The van der Waals surface area contributed by atoms with Crippen LogP contribution >= 0.6 is 0 Å². The summed E-state index contributed by atoms with van der Waals surface area (Å²) in [6, 6.07) is 16.1. The van der Waals surface area contributed by atoms with Crippen molar-refractivity contribution in [3.8, 4) is 5.69 Å². The van der Waals surface area contributed by atoms with Crippen LogP contribution in [0, 0.1) is 6.92 Å². The molecule has 0 aliphatic carbocycles. The average molecular weight is 391 g/mol. The summed E-state index contributed by atoms with van der Waals surface area (Å²) in [5, 5.41) is 2.51. The third-order valence-corrected chi connectivity index (χ3v) is 5.01. The Balaban J connectivity index is 1.88. The Hall–Kier alpha value is -3.41. The molecule has 0 unspecified atom stereocenters. The fourth-order valence-corrected chi connectivity index (χ4v) is 3.14. The first-order valence-electron chi connectivity index (χ1n) is 9.41. The van der Waals surface area contributed by atoms with Crippen molar-refractivity contribution in [2.24, 2.45) is 7.05 Å². The molecule has 150 valence electrons. The number of amides is 1. The Morgan fingerprint density at radius 2 is 1.52 bits per heavy atom. The molecule has 1 N–H and O–H groups in total. The van der Waals surface area contributed by atoms with Gasteiger partial charge in [0.15, 0.2) is 0 Å². The van der Waals surface area contributed by atoms with Gasteiger partial charge < -0.3 is 5.32 Å². The molecule has 0 fully saturated rings. The quantitative estimate of drug-likeness (QED) is 0.545. The highest BCUT2D eigenvalue weighted by Gasteiger charge is 2.23. The van der Waals surface area contributed by atoms with E-state index >= 15 is 0 Å². The minimum atomic E-state index is -0.834. The van der Waals surface area contributed by atoms with Gasteiger partial charge in [-0.25, -0.2) is 4.68 Å². The fourth-order valence-electron chi connectivity index (χ4n) is 3.14. The van der Waals surface area contributed by atoms with Crippen molar-refractivity contribution >= 4 is 17.4 Å². The van der Waals surface area contributed by atoms with E-state index in [4.69, 9.17) is 0 Å². The summed E-state index contributed by atoms with van der Waals surface area (Å²) in [6.45, 7) is 7.95. The maximum absolute atomic E-state index is 12.9. The number of hydrogen-bond acceptors (Lipinski definition) is 3. The van der Waals surface area contributed by atoms with E-state index in [0.29, 0.717) is 11.4 Å². The first kappa shape index (κ1) is 20.3. The molecule has 29 heavy (non-hydrogen) atoms. The summed E-state index contributed by atoms with van der Waals surface area (Å²) in [4.78, 5) is 38.0. The highest BCUT2D eigenvalue weighted by Crippen LogP contribution is 2.22. The predicted octanol–water partition coefficient (Wildman–Crippen LogP) is 3.60. The summed E-state index contributed by atoms with van der Waals surface area (Å²) < 4.78 is 3.10. The number of aromatic nitrogens is 2. The van der Waals surface area contributed by atoms with Crippen molar-refractivity contribution in [2.75, 3.05) is 5.32 Å². The van der Waals surface area contributed by atoms with E-state index in [-0.39, 0.29) is 22.2 Å². The second-order valence-electron chi connectivity index (χ2n) is 8.05. The standard InChI is InChI=1S/C23H25N3O3/c1-15-19(22(29)26(25(15)5)18-9-7-6-8-10-18)24-21(28)20(27)16-11-13-17(14-12-16)23(2,3)4/h6-14H,1-5H3,(H,24,28). The molecule has 0 bridgehead atoms. The van der Waals surface area contributed by atoms with Gasteiger partial charge in [-0.2, -0.15) is 0 Å². The van der Waals surface area contributed by atoms with Crippen LogP contribution in [-0.4, -0.2) is 21.1 Å². The third-order valence-electron chi connectivity index (χ3n) is 5.01. The van der Waals surface area contributed by atoms with Gasteiger partial charge >= 0.3 is 0 Å². The van der Waals surface area contributed by atoms with E-state index in [1.54, 1.807) is 42.9 Å². The molecule has 0 aliphatic heterocycles. The van der Waals surface area contributed by atoms with E-state index in [1.807, 2.05) is 30.3 Å². The van der Waals surface area contributed by atoms with Crippen LogP contribution in [0.25, 0.3) is 5.69 Å². The lowest BCUT2D eigenvalue weighted by atomic mass is 9.86. The van der Waals surface area contributed by atoms with Crippen molar-refractivity contribution in [2.45, 2.75) is 33.1 Å². The number of carbonyl (C=O) groups excluding carboxylic acids is 2. The molecule has 0 atom stereocenters. The van der Waals surface area contributed by atoms with Crippen molar-refractivity contribution < 1.29 is 9.59 Å².